The molecule has 1 unspecified atom stereocenters. The van der Waals surface area contributed by atoms with E-state index in [2.05, 4.69) is 5.32 Å². The minimum Gasteiger partial charge on any atom is -0.383 e. The minimum absolute atomic E-state index is 0.0878. The molecular formula is C12H16ClFN2O3. The van der Waals surface area contributed by atoms with Gasteiger partial charge in [-0.15, -0.1) is 0 Å². The van der Waals surface area contributed by atoms with E-state index in [4.69, 9.17) is 16.3 Å². The van der Waals surface area contributed by atoms with E-state index in [0.717, 1.165) is 18.9 Å². The molecule has 0 aliphatic rings. The fourth-order valence-electron chi connectivity index (χ4n) is 1.77. The van der Waals surface area contributed by atoms with Gasteiger partial charge in [-0.1, -0.05) is 24.9 Å². The van der Waals surface area contributed by atoms with Gasteiger partial charge in [0.05, 0.1) is 22.6 Å². The highest BCUT2D eigenvalue weighted by atomic mass is 35.5. The van der Waals surface area contributed by atoms with E-state index in [1.54, 1.807) is 7.11 Å². The van der Waals surface area contributed by atoms with Crippen LogP contribution in [0.25, 0.3) is 0 Å². The Morgan fingerprint density at radius 2 is 2.26 bits per heavy atom. The van der Waals surface area contributed by atoms with Crippen LogP contribution in [0, 0.1) is 15.9 Å². The fraction of sp³-hybridized carbons (Fsp3) is 0.500. The number of halogens is 2. The largest absolute Gasteiger partial charge is 0.383 e. The van der Waals surface area contributed by atoms with Crippen molar-refractivity contribution in [3.63, 3.8) is 0 Å². The van der Waals surface area contributed by atoms with E-state index in [0.29, 0.717) is 6.61 Å². The van der Waals surface area contributed by atoms with E-state index < -0.39 is 10.7 Å². The number of anilines is 1. The molecule has 0 saturated heterocycles. The molecule has 1 aromatic rings. The van der Waals surface area contributed by atoms with Crippen LogP contribution in [0.4, 0.5) is 15.8 Å². The van der Waals surface area contributed by atoms with Gasteiger partial charge >= 0.3 is 0 Å². The van der Waals surface area contributed by atoms with Crippen molar-refractivity contribution in [1.29, 1.82) is 0 Å². The van der Waals surface area contributed by atoms with Crippen LogP contribution in [-0.2, 0) is 4.74 Å². The lowest BCUT2D eigenvalue weighted by Gasteiger charge is -2.18. The van der Waals surface area contributed by atoms with Gasteiger partial charge in [-0.2, -0.15) is 0 Å². The summed E-state index contributed by atoms with van der Waals surface area (Å²) in [5.41, 5.74) is -0.133. The van der Waals surface area contributed by atoms with Crippen molar-refractivity contribution in [3.05, 3.63) is 33.1 Å². The number of nitro benzene ring substituents is 1. The first-order chi connectivity index (χ1) is 8.99. The van der Waals surface area contributed by atoms with E-state index in [-0.39, 0.29) is 22.4 Å². The zero-order valence-corrected chi connectivity index (χ0v) is 11.5. The van der Waals surface area contributed by atoms with Gasteiger partial charge in [0.1, 0.15) is 11.5 Å². The number of methoxy groups -OCH3 is 1. The van der Waals surface area contributed by atoms with Gasteiger partial charge in [-0.3, -0.25) is 10.1 Å². The van der Waals surface area contributed by atoms with Crippen molar-refractivity contribution < 1.29 is 14.1 Å². The van der Waals surface area contributed by atoms with E-state index in [9.17, 15) is 14.5 Å². The number of nitro groups is 1. The molecule has 0 aromatic heterocycles. The standard InChI is InChI=1S/C12H16ClFN2O3/c1-3-4-8(7-19-2)15-11-5-9(13)10(14)6-12(11)16(17)18/h5-6,8,15H,3-4,7H2,1-2H3. The summed E-state index contributed by atoms with van der Waals surface area (Å²) in [6.07, 6.45) is 1.67. The average molecular weight is 291 g/mol. The third-order valence-corrected chi connectivity index (χ3v) is 2.89. The van der Waals surface area contributed by atoms with Crippen LogP contribution in [0.15, 0.2) is 12.1 Å². The number of hydrogen-bond acceptors (Lipinski definition) is 4. The summed E-state index contributed by atoms with van der Waals surface area (Å²) >= 11 is 5.66. The van der Waals surface area contributed by atoms with Crippen LogP contribution in [0.2, 0.25) is 5.02 Å². The molecule has 1 rings (SSSR count). The zero-order valence-electron chi connectivity index (χ0n) is 10.8. The Hall–Kier alpha value is -1.40. The smallest absolute Gasteiger partial charge is 0.295 e. The van der Waals surface area contributed by atoms with Crippen LogP contribution in [0.1, 0.15) is 19.8 Å². The Morgan fingerprint density at radius 1 is 1.58 bits per heavy atom. The Morgan fingerprint density at radius 3 is 2.79 bits per heavy atom. The fourth-order valence-corrected chi connectivity index (χ4v) is 1.93. The van der Waals surface area contributed by atoms with Crippen LogP contribution in [0.3, 0.4) is 0 Å². The topological polar surface area (TPSA) is 64.4 Å². The van der Waals surface area contributed by atoms with Crippen LogP contribution in [0.5, 0.6) is 0 Å². The van der Waals surface area contributed by atoms with Crippen molar-refractivity contribution in [1.82, 2.24) is 0 Å². The number of nitrogens with one attached hydrogen (secondary N) is 1. The van der Waals surface area contributed by atoms with Crippen molar-refractivity contribution in [2.75, 3.05) is 19.0 Å². The third-order valence-electron chi connectivity index (χ3n) is 2.60. The second kappa shape index (κ2) is 7.25. The lowest BCUT2D eigenvalue weighted by atomic mass is 10.1. The molecule has 0 spiro atoms. The van der Waals surface area contributed by atoms with Crippen molar-refractivity contribution in [2.45, 2.75) is 25.8 Å². The van der Waals surface area contributed by atoms with Gasteiger partial charge in [0, 0.05) is 13.2 Å². The summed E-state index contributed by atoms with van der Waals surface area (Å²) in [5, 5.41) is 13.7. The molecule has 0 bridgehead atoms. The maximum Gasteiger partial charge on any atom is 0.295 e. The highest BCUT2D eigenvalue weighted by Crippen LogP contribution is 2.31. The van der Waals surface area contributed by atoms with Gasteiger partial charge in [-0.25, -0.2) is 4.39 Å². The van der Waals surface area contributed by atoms with Gasteiger partial charge in [0.25, 0.3) is 5.69 Å². The number of rotatable bonds is 7. The van der Waals surface area contributed by atoms with Gasteiger partial charge in [0.2, 0.25) is 0 Å². The molecule has 0 heterocycles. The summed E-state index contributed by atoms with van der Waals surface area (Å²) in [6, 6.07) is 1.96. The van der Waals surface area contributed by atoms with Crippen molar-refractivity contribution in [2.24, 2.45) is 0 Å². The number of nitrogens with zero attached hydrogens (tertiary/aromatic N) is 1. The average Bonchev–Trinajstić information content (AvgIpc) is 2.33. The normalized spacial score (nSPS) is 12.2. The van der Waals surface area contributed by atoms with E-state index in [1.807, 2.05) is 6.92 Å². The number of hydrogen-bond donors (Lipinski definition) is 1. The predicted octanol–water partition coefficient (Wildman–Crippen LogP) is 3.61. The third kappa shape index (κ3) is 4.33. The molecule has 0 aliphatic carbocycles. The first kappa shape index (κ1) is 15.7. The highest BCUT2D eigenvalue weighted by Gasteiger charge is 2.20. The van der Waals surface area contributed by atoms with Crippen molar-refractivity contribution >= 4 is 23.0 Å². The lowest BCUT2D eigenvalue weighted by Crippen LogP contribution is -2.25. The van der Waals surface area contributed by atoms with Crippen LogP contribution < -0.4 is 5.32 Å². The Bertz CT molecular complexity index is 451. The molecule has 1 aromatic carbocycles. The van der Waals surface area contributed by atoms with Gasteiger partial charge in [-0.05, 0) is 12.5 Å². The van der Waals surface area contributed by atoms with Crippen molar-refractivity contribution in [3.8, 4) is 0 Å². The summed E-state index contributed by atoms with van der Waals surface area (Å²) in [6.45, 7) is 2.40. The molecule has 5 nitrogen and oxygen atoms in total. The second-order valence-electron chi connectivity index (χ2n) is 4.13. The Balaban J connectivity index is 3.03. The zero-order chi connectivity index (χ0) is 14.4. The molecule has 1 atom stereocenters. The molecule has 19 heavy (non-hydrogen) atoms. The first-order valence-electron chi connectivity index (χ1n) is 5.88. The monoisotopic (exact) mass is 290 g/mol. The molecule has 7 heteroatoms. The van der Waals surface area contributed by atoms with E-state index in [1.165, 1.54) is 6.07 Å². The van der Waals surface area contributed by atoms with E-state index >= 15 is 0 Å². The molecule has 106 valence electrons. The quantitative estimate of drug-likeness (QED) is 0.615. The first-order valence-corrected chi connectivity index (χ1v) is 6.26. The van der Waals surface area contributed by atoms with Gasteiger partial charge < -0.3 is 10.1 Å². The molecule has 0 radical (unpaired) electrons. The highest BCUT2D eigenvalue weighted by molar-refractivity contribution is 6.31. The molecule has 0 fully saturated rings. The lowest BCUT2D eigenvalue weighted by molar-refractivity contribution is -0.384. The maximum atomic E-state index is 13.3. The maximum absolute atomic E-state index is 13.3. The van der Waals surface area contributed by atoms with Crippen LogP contribution in [-0.4, -0.2) is 24.7 Å². The Kier molecular flexibility index (Phi) is 5.98. The predicted molar refractivity (Wildman–Crippen MR) is 72.3 cm³/mol. The molecule has 0 saturated carbocycles. The Labute approximate surface area is 115 Å². The number of ether oxygens (including phenoxy) is 1. The molecule has 0 aliphatic heterocycles. The number of benzene rings is 1. The summed E-state index contributed by atoms with van der Waals surface area (Å²) in [4.78, 5) is 10.3. The summed E-state index contributed by atoms with van der Waals surface area (Å²) < 4.78 is 18.3. The molecule has 1 N–H and O–H groups in total. The molecular weight excluding hydrogens is 275 g/mol. The minimum atomic E-state index is -0.808. The summed E-state index contributed by atoms with van der Waals surface area (Å²) in [7, 11) is 1.55. The second-order valence-corrected chi connectivity index (χ2v) is 4.53. The van der Waals surface area contributed by atoms with Crippen LogP contribution >= 0.6 is 11.6 Å². The SMILES string of the molecule is CCCC(COC)Nc1cc(Cl)c(F)cc1[N+](=O)[O-]. The van der Waals surface area contributed by atoms with Gasteiger partial charge in [0.15, 0.2) is 0 Å². The molecule has 0 amide bonds. The summed E-state index contributed by atoms with van der Waals surface area (Å²) in [5.74, 6) is -0.808.